The van der Waals surface area contributed by atoms with Gasteiger partial charge in [0.15, 0.2) is 6.04 Å². The predicted octanol–water partition coefficient (Wildman–Crippen LogP) is 0.703. The smallest absolute Gasteiger partial charge is 0.370 e. The van der Waals surface area contributed by atoms with Crippen molar-refractivity contribution < 1.29 is 47.9 Å². The van der Waals surface area contributed by atoms with Gasteiger partial charge in [-0.3, -0.25) is 43.2 Å². The number of carbonyl (C=O) groups excluding carboxylic acids is 10. The van der Waals surface area contributed by atoms with Crippen LogP contribution in [0.4, 0.5) is 0 Å². The molecule has 2 aromatic carbocycles. The maximum absolute atomic E-state index is 14.2. The van der Waals surface area contributed by atoms with E-state index in [1.54, 1.807) is 50.4 Å². The lowest BCUT2D eigenvalue weighted by molar-refractivity contribution is -0.135. The molecule has 14 N–H and O–H groups in total. The first-order chi connectivity index (χ1) is 37.6. The van der Waals surface area contributed by atoms with E-state index in [2.05, 4.69) is 62.5 Å². The van der Waals surface area contributed by atoms with Crippen molar-refractivity contribution in [2.75, 3.05) is 6.54 Å². The number of primary amides is 1. The molecule has 10 amide bonds. The number of aromatic amines is 2. The molecule has 0 spiro atoms. The Balaban J connectivity index is 1.44. The van der Waals surface area contributed by atoms with Gasteiger partial charge in [0.2, 0.25) is 63.5 Å². The molecular weight excluding hydrogens is 1020 g/mol. The molecule has 8 atom stereocenters. The molecule has 426 valence electrons. The van der Waals surface area contributed by atoms with Gasteiger partial charge < -0.3 is 64.0 Å². The van der Waals surface area contributed by atoms with Gasteiger partial charge in [0.05, 0.1) is 18.9 Å². The number of H-pyrrole nitrogens is 2. The molecule has 25 nitrogen and oxygen atoms in total. The molecule has 0 saturated carbocycles. The minimum absolute atomic E-state index is 0.00565. The number of hydrogen-bond acceptors (Lipinski definition) is 13. The summed E-state index contributed by atoms with van der Waals surface area (Å²) in [5, 5.41) is 30.9. The van der Waals surface area contributed by atoms with Crippen molar-refractivity contribution in [1.82, 2.24) is 57.5 Å². The van der Waals surface area contributed by atoms with Crippen LogP contribution in [-0.2, 0) is 67.2 Å². The number of imidazole rings is 1. The van der Waals surface area contributed by atoms with Crippen molar-refractivity contribution in [3.8, 4) is 0 Å². The minimum Gasteiger partial charge on any atom is -0.370 e. The quantitative estimate of drug-likeness (QED) is 0.0293. The highest BCUT2D eigenvalue weighted by atomic mass is 16.2. The second kappa shape index (κ2) is 31.6. The van der Waals surface area contributed by atoms with E-state index in [0.717, 1.165) is 22.9 Å². The second-order valence-electron chi connectivity index (χ2n) is 20.3. The molecule has 0 fully saturated rings. The summed E-state index contributed by atoms with van der Waals surface area (Å²) in [6.45, 7) is 9.71. The van der Waals surface area contributed by atoms with Gasteiger partial charge in [-0.2, -0.15) is 4.79 Å². The molecule has 0 aliphatic rings. The molecule has 4 rings (SSSR count). The number of carbonyl (C=O) groups is 10. The fourth-order valence-electron chi connectivity index (χ4n) is 8.61. The molecule has 0 aliphatic heterocycles. The maximum atomic E-state index is 14.2. The van der Waals surface area contributed by atoms with Crippen LogP contribution in [-0.4, -0.2) is 129 Å². The van der Waals surface area contributed by atoms with Crippen LogP contribution in [0.25, 0.3) is 15.9 Å². The molecule has 79 heavy (non-hydrogen) atoms. The van der Waals surface area contributed by atoms with Crippen LogP contribution in [0.15, 0.2) is 73.3 Å². The largest absolute Gasteiger partial charge is 0.582 e. The van der Waals surface area contributed by atoms with Crippen molar-refractivity contribution in [2.45, 2.75) is 154 Å². The molecule has 25 heteroatoms. The van der Waals surface area contributed by atoms with Crippen molar-refractivity contribution in [3.05, 3.63) is 95.1 Å². The van der Waals surface area contributed by atoms with Gasteiger partial charge >= 0.3 is 5.91 Å². The first kappa shape index (κ1) is 63.0. The van der Waals surface area contributed by atoms with Crippen LogP contribution in [0.3, 0.4) is 0 Å². The summed E-state index contributed by atoms with van der Waals surface area (Å²) < 4.78 is 0. The zero-order valence-corrected chi connectivity index (χ0v) is 45.6. The lowest BCUT2D eigenvalue weighted by Crippen LogP contribution is -2.59. The van der Waals surface area contributed by atoms with Crippen LogP contribution in [0.5, 0.6) is 0 Å². The van der Waals surface area contributed by atoms with E-state index in [1.165, 1.54) is 19.4 Å². The summed E-state index contributed by atoms with van der Waals surface area (Å²) in [5.41, 5.74) is 14.3. The Kier molecular flexibility index (Phi) is 25.2. The van der Waals surface area contributed by atoms with E-state index in [0.29, 0.717) is 24.1 Å². The van der Waals surface area contributed by atoms with Crippen LogP contribution in [0, 0.1) is 17.2 Å². The van der Waals surface area contributed by atoms with E-state index in [-0.39, 0.29) is 50.9 Å². The Hall–Kier alpha value is -8.53. The lowest BCUT2D eigenvalue weighted by atomic mass is 9.99. The van der Waals surface area contributed by atoms with E-state index in [9.17, 15) is 47.9 Å². The summed E-state index contributed by atoms with van der Waals surface area (Å²) >= 11 is 0. The molecular formula is C54H76N15O10+. The van der Waals surface area contributed by atoms with Crippen molar-refractivity contribution in [3.63, 3.8) is 0 Å². The number of aromatic nitrogens is 3. The molecule has 0 saturated heterocycles. The van der Waals surface area contributed by atoms with Crippen LogP contribution >= 0.6 is 0 Å². The Bertz CT molecular complexity index is 2760. The van der Waals surface area contributed by atoms with E-state index >= 15 is 0 Å². The maximum Gasteiger partial charge on any atom is 0.582 e. The topological polar surface area (TPSA) is 392 Å². The number of fused-ring (bicyclic) bond motifs is 1. The second-order valence-corrected chi connectivity index (χ2v) is 20.3. The van der Waals surface area contributed by atoms with Crippen LogP contribution < -0.4 is 54.0 Å². The molecule has 0 unspecified atom stereocenters. The number of nitrogens with one attached hydrogen (secondary N) is 10. The number of rotatable bonds is 33. The summed E-state index contributed by atoms with van der Waals surface area (Å²) in [6, 6.07) is 6.89. The molecule has 0 bridgehead atoms. The third-order valence-corrected chi connectivity index (χ3v) is 12.8. The molecule has 4 aromatic rings. The first-order valence-electron chi connectivity index (χ1n) is 26.5. The number of diazo groups is 1. The minimum atomic E-state index is -1.36. The number of amides is 10. The van der Waals surface area contributed by atoms with Crippen molar-refractivity contribution in [1.29, 1.82) is 5.39 Å². The number of benzene rings is 2. The zero-order valence-electron chi connectivity index (χ0n) is 45.6. The summed E-state index contributed by atoms with van der Waals surface area (Å²) in [6.07, 6.45) is 5.68. The van der Waals surface area contributed by atoms with E-state index < -0.39 is 120 Å². The monoisotopic (exact) mass is 1090 g/mol. The van der Waals surface area contributed by atoms with Crippen LogP contribution in [0.1, 0.15) is 103 Å². The summed E-state index contributed by atoms with van der Waals surface area (Å²) in [7, 11) is 0. The van der Waals surface area contributed by atoms with Gasteiger partial charge in [0, 0.05) is 60.7 Å². The third-order valence-electron chi connectivity index (χ3n) is 12.8. The highest BCUT2D eigenvalue weighted by Crippen LogP contribution is 2.20. The molecule has 0 radical (unpaired) electrons. The number of unbranched alkanes of at least 4 members (excludes halogenated alkanes) is 1. The standard InChI is InChI=1S/C54H75N15O10/c1-7-8-17-40(53(78)69-57)64-45(71)25-35(21-30(2)3)63-52(77)43(24-36-27-58-29-61-36)65-46(72)28-60-54(79)47(31(4)5)68-48(73)32(6)62-51(76)42(23-34-26-59-39-18-13-12-16-37(34)39)67-50(75)41(19-20-44(56)70)66-49(74)38(55)22-33-14-10-9-11-15-33/h9-16,18,26-27,29-32,35,38,40-43,47,59H,7-8,17,19-25,28,55H2,1-6H3,(H10-,56,58,60,61,62,63,64,65,66,67,68,70,71,72,73,74,75,76,77,79)/p+1/t32-,35-,38+,40+,41-,42-,43-,47-/m0/s1. The third kappa shape index (κ3) is 21.1. The van der Waals surface area contributed by atoms with Gasteiger partial charge in [0.25, 0.3) is 0 Å². The predicted molar refractivity (Wildman–Crippen MR) is 292 cm³/mol. The fourth-order valence-corrected chi connectivity index (χ4v) is 8.61. The number of hydrogen-bond donors (Lipinski definition) is 12. The highest BCUT2D eigenvalue weighted by Gasteiger charge is 2.35. The van der Waals surface area contributed by atoms with Crippen molar-refractivity contribution >= 4 is 70.0 Å². The van der Waals surface area contributed by atoms with E-state index in [1.807, 2.05) is 45.0 Å². The Morgan fingerprint density at radius 3 is 1.96 bits per heavy atom. The average Bonchev–Trinajstić information content (AvgIpc) is 4.10. The number of nitrogens with two attached hydrogens (primary N) is 2. The average molecular weight is 1100 g/mol. The highest BCUT2D eigenvalue weighted by molar-refractivity contribution is 5.98. The normalized spacial score (nSPS) is 14.2. The molecule has 2 heterocycles. The summed E-state index contributed by atoms with van der Waals surface area (Å²) in [4.78, 5) is 146. The van der Waals surface area contributed by atoms with Gasteiger partial charge in [-0.25, -0.2) is 4.98 Å². The summed E-state index contributed by atoms with van der Waals surface area (Å²) in [5.74, 6) is -8.06. The zero-order chi connectivity index (χ0) is 58.2. The number of nitrogens with zero attached hydrogens (tertiary/aromatic N) is 3. The first-order valence-corrected chi connectivity index (χ1v) is 26.5. The van der Waals surface area contributed by atoms with E-state index in [4.69, 9.17) is 16.9 Å². The number of para-hydroxylation sites is 1. The SMILES string of the molecule is CCCC[C@@H](NC(=O)C[C@H](CC(C)C)NC(=O)[C@H](Cc1cnc[nH]1)NC(=O)CNC(=O)[C@@H](NC(=O)[C@H](C)NC(=O)[C@H](Cc1c[nH]c2ccccc12)NC(=O)[C@H](CCC(N)=O)NC(=O)[C@H](N)Cc1ccccc1)C(C)C)C(=O)[N+]#N. The van der Waals surface area contributed by atoms with Gasteiger partial charge in [-0.15, -0.1) is 0 Å². The molecule has 2 aromatic heterocycles. The fraction of sp³-hybridized carbons (Fsp3) is 0.500. The van der Waals surface area contributed by atoms with Crippen molar-refractivity contribution in [2.24, 2.45) is 23.3 Å². The Labute approximate surface area is 458 Å². The van der Waals surface area contributed by atoms with Gasteiger partial charge in [0.1, 0.15) is 30.2 Å². The Morgan fingerprint density at radius 1 is 0.671 bits per heavy atom. The molecule has 0 aliphatic carbocycles. The lowest BCUT2D eigenvalue weighted by Gasteiger charge is -2.27. The van der Waals surface area contributed by atoms with Crippen LogP contribution in [0.2, 0.25) is 0 Å². The van der Waals surface area contributed by atoms with Gasteiger partial charge in [-0.05, 0) is 61.6 Å². The Morgan fingerprint density at radius 2 is 1.32 bits per heavy atom. The van der Waals surface area contributed by atoms with Gasteiger partial charge in [-0.1, -0.05) is 96.0 Å².